The van der Waals surface area contributed by atoms with Gasteiger partial charge in [-0.2, -0.15) is 0 Å². The number of ether oxygens (including phenoxy) is 3. The third-order valence-corrected chi connectivity index (χ3v) is 4.14. The first-order valence-corrected chi connectivity index (χ1v) is 7.91. The number of rotatable bonds is 6. The number of benzene rings is 1. The quantitative estimate of drug-likeness (QED) is 0.842. The van der Waals surface area contributed by atoms with E-state index in [1.807, 2.05) is 6.07 Å². The maximum absolute atomic E-state index is 9.22. The van der Waals surface area contributed by atoms with Crippen LogP contribution in [0.1, 0.15) is 12.5 Å². The van der Waals surface area contributed by atoms with Gasteiger partial charge in [0.25, 0.3) is 0 Å². The Balaban J connectivity index is 2.02. The van der Waals surface area contributed by atoms with Crippen LogP contribution in [0.4, 0.5) is 0 Å². The van der Waals surface area contributed by atoms with Crippen LogP contribution < -0.4 is 9.47 Å². The highest BCUT2D eigenvalue weighted by atomic mass is 79.9. The van der Waals surface area contributed by atoms with E-state index in [-0.39, 0.29) is 12.7 Å². The van der Waals surface area contributed by atoms with Crippen LogP contribution >= 0.6 is 15.9 Å². The molecule has 0 aromatic heterocycles. The first kappa shape index (κ1) is 16.5. The molecule has 1 aromatic rings. The van der Waals surface area contributed by atoms with Crippen LogP contribution in [0.15, 0.2) is 16.6 Å². The van der Waals surface area contributed by atoms with Gasteiger partial charge in [-0.3, -0.25) is 4.90 Å². The number of likely N-dealkylation sites (N-methyl/N-ethyl adjacent to an activating group) is 1. The molecule has 1 heterocycles. The minimum atomic E-state index is -0.0353. The summed E-state index contributed by atoms with van der Waals surface area (Å²) in [7, 11) is 1.59. The number of aliphatic hydroxyl groups excluding tert-OH is 1. The number of hydrogen-bond acceptors (Lipinski definition) is 5. The summed E-state index contributed by atoms with van der Waals surface area (Å²) >= 11 is 3.46. The SMILES string of the molecule is CCN1CCOC(COc2c(Br)cc(CO)cc2OC)C1. The van der Waals surface area contributed by atoms with Gasteiger partial charge in [0, 0.05) is 13.1 Å². The van der Waals surface area contributed by atoms with E-state index in [2.05, 4.69) is 27.8 Å². The Morgan fingerprint density at radius 1 is 1.48 bits per heavy atom. The fourth-order valence-corrected chi connectivity index (χ4v) is 2.95. The number of methoxy groups -OCH3 is 1. The normalized spacial score (nSPS) is 19.5. The van der Waals surface area contributed by atoms with Crippen LogP contribution in [0.2, 0.25) is 0 Å². The summed E-state index contributed by atoms with van der Waals surface area (Å²) in [6, 6.07) is 3.61. The molecule has 1 fully saturated rings. The van der Waals surface area contributed by atoms with E-state index in [4.69, 9.17) is 14.2 Å². The summed E-state index contributed by atoms with van der Waals surface area (Å²) in [5.74, 6) is 1.25. The highest BCUT2D eigenvalue weighted by molar-refractivity contribution is 9.10. The molecule has 5 nitrogen and oxygen atoms in total. The van der Waals surface area contributed by atoms with Crippen molar-refractivity contribution in [2.45, 2.75) is 19.6 Å². The van der Waals surface area contributed by atoms with Gasteiger partial charge in [-0.05, 0) is 40.2 Å². The van der Waals surface area contributed by atoms with Crippen molar-refractivity contribution in [1.29, 1.82) is 0 Å². The second kappa shape index (κ2) is 7.98. The third-order valence-electron chi connectivity index (χ3n) is 3.56. The second-order valence-corrected chi connectivity index (χ2v) is 5.82. The predicted molar refractivity (Wildman–Crippen MR) is 84.0 cm³/mol. The molecule has 1 N–H and O–H groups in total. The Kier molecular flexibility index (Phi) is 6.29. The molecule has 0 aliphatic carbocycles. The lowest BCUT2D eigenvalue weighted by atomic mass is 10.2. The van der Waals surface area contributed by atoms with Crippen molar-refractivity contribution in [1.82, 2.24) is 4.90 Å². The number of nitrogens with zero attached hydrogens (tertiary/aromatic N) is 1. The van der Waals surface area contributed by atoms with Crippen molar-refractivity contribution in [2.24, 2.45) is 0 Å². The maximum atomic E-state index is 9.22. The molecular formula is C15H22BrNO4. The van der Waals surface area contributed by atoms with E-state index < -0.39 is 0 Å². The fourth-order valence-electron chi connectivity index (χ4n) is 2.35. The fraction of sp³-hybridized carbons (Fsp3) is 0.600. The van der Waals surface area contributed by atoms with E-state index in [0.717, 1.165) is 36.3 Å². The zero-order valence-electron chi connectivity index (χ0n) is 12.5. The molecule has 21 heavy (non-hydrogen) atoms. The average Bonchev–Trinajstić information content (AvgIpc) is 2.53. The zero-order chi connectivity index (χ0) is 15.2. The van der Waals surface area contributed by atoms with Gasteiger partial charge in [0.05, 0.1) is 24.8 Å². The molecule has 118 valence electrons. The monoisotopic (exact) mass is 359 g/mol. The summed E-state index contributed by atoms with van der Waals surface area (Å²) in [6.45, 7) is 6.21. The minimum absolute atomic E-state index is 0.0353. The van der Waals surface area contributed by atoms with Crippen molar-refractivity contribution < 1.29 is 19.3 Å². The lowest BCUT2D eigenvalue weighted by molar-refractivity contribution is -0.0467. The maximum Gasteiger partial charge on any atom is 0.175 e. The molecule has 0 radical (unpaired) electrons. The van der Waals surface area contributed by atoms with Crippen LogP contribution in [0.3, 0.4) is 0 Å². The van der Waals surface area contributed by atoms with Crippen LogP contribution in [0.25, 0.3) is 0 Å². The Hall–Kier alpha value is -0.820. The topological polar surface area (TPSA) is 51.2 Å². The van der Waals surface area contributed by atoms with Gasteiger partial charge in [0.15, 0.2) is 11.5 Å². The molecule has 0 amide bonds. The number of hydrogen-bond donors (Lipinski definition) is 1. The van der Waals surface area contributed by atoms with Gasteiger partial charge >= 0.3 is 0 Å². The number of morpholine rings is 1. The van der Waals surface area contributed by atoms with Gasteiger partial charge < -0.3 is 19.3 Å². The third kappa shape index (κ3) is 4.32. The van der Waals surface area contributed by atoms with E-state index >= 15 is 0 Å². The Morgan fingerprint density at radius 3 is 2.95 bits per heavy atom. The molecule has 2 rings (SSSR count). The predicted octanol–water partition coefficient (Wildman–Crippen LogP) is 2.05. The molecule has 0 spiro atoms. The van der Waals surface area contributed by atoms with Crippen LogP contribution in [-0.2, 0) is 11.3 Å². The van der Waals surface area contributed by atoms with E-state index in [0.29, 0.717) is 18.1 Å². The Bertz CT molecular complexity index is 469. The Morgan fingerprint density at radius 2 is 2.29 bits per heavy atom. The summed E-state index contributed by atoms with van der Waals surface area (Å²) in [6.07, 6.45) is 0.0628. The molecule has 1 saturated heterocycles. The molecule has 0 saturated carbocycles. The lowest BCUT2D eigenvalue weighted by Crippen LogP contribution is -2.44. The van der Waals surface area contributed by atoms with Crippen LogP contribution in [-0.4, -0.2) is 56.1 Å². The van der Waals surface area contributed by atoms with Crippen molar-refractivity contribution in [3.63, 3.8) is 0 Å². The van der Waals surface area contributed by atoms with Crippen molar-refractivity contribution >= 4 is 15.9 Å². The summed E-state index contributed by atoms with van der Waals surface area (Å²) in [5, 5.41) is 9.22. The van der Waals surface area contributed by atoms with Crippen LogP contribution in [0.5, 0.6) is 11.5 Å². The van der Waals surface area contributed by atoms with Gasteiger partial charge in [-0.1, -0.05) is 6.92 Å². The molecular weight excluding hydrogens is 338 g/mol. The summed E-state index contributed by atoms with van der Waals surface area (Å²) in [5.41, 5.74) is 0.775. The molecule has 1 aliphatic rings. The number of aliphatic hydroxyl groups is 1. The van der Waals surface area contributed by atoms with Gasteiger partial charge in [0.1, 0.15) is 12.7 Å². The highest BCUT2D eigenvalue weighted by Crippen LogP contribution is 2.36. The zero-order valence-corrected chi connectivity index (χ0v) is 14.1. The Labute approximate surface area is 133 Å². The molecule has 1 aromatic carbocycles. The van der Waals surface area contributed by atoms with Crippen LogP contribution in [0, 0.1) is 0 Å². The van der Waals surface area contributed by atoms with Crippen molar-refractivity contribution in [3.8, 4) is 11.5 Å². The second-order valence-electron chi connectivity index (χ2n) is 4.96. The van der Waals surface area contributed by atoms with Gasteiger partial charge in [-0.25, -0.2) is 0 Å². The molecule has 1 aliphatic heterocycles. The summed E-state index contributed by atoms with van der Waals surface area (Å²) in [4.78, 5) is 2.35. The van der Waals surface area contributed by atoms with E-state index in [9.17, 15) is 5.11 Å². The molecule has 1 atom stereocenters. The first-order valence-electron chi connectivity index (χ1n) is 7.12. The van der Waals surface area contributed by atoms with Crippen molar-refractivity contribution in [3.05, 3.63) is 22.2 Å². The lowest BCUT2D eigenvalue weighted by Gasteiger charge is -2.32. The standard InChI is InChI=1S/C15H22BrNO4/c1-3-17-4-5-20-12(8-17)10-21-15-13(16)6-11(9-18)7-14(15)19-2/h6-7,12,18H,3-5,8-10H2,1-2H3. The molecule has 0 bridgehead atoms. The highest BCUT2D eigenvalue weighted by Gasteiger charge is 2.21. The largest absolute Gasteiger partial charge is 0.493 e. The van der Waals surface area contributed by atoms with Crippen molar-refractivity contribution in [2.75, 3.05) is 40.0 Å². The first-order chi connectivity index (χ1) is 10.2. The summed E-state index contributed by atoms with van der Waals surface area (Å²) < 4.78 is 17.7. The van der Waals surface area contributed by atoms with E-state index in [1.54, 1.807) is 13.2 Å². The van der Waals surface area contributed by atoms with Gasteiger partial charge in [-0.15, -0.1) is 0 Å². The van der Waals surface area contributed by atoms with Gasteiger partial charge in [0.2, 0.25) is 0 Å². The van der Waals surface area contributed by atoms with E-state index in [1.165, 1.54) is 0 Å². The number of halogens is 1. The molecule has 6 heteroatoms. The molecule has 1 unspecified atom stereocenters. The smallest absolute Gasteiger partial charge is 0.175 e. The minimum Gasteiger partial charge on any atom is -0.493 e. The average molecular weight is 360 g/mol.